The zero-order chi connectivity index (χ0) is 13.0. The van der Waals surface area contributed by atoms with Gasteiger partial charge in [0.05, 0.1) is 5.75 Å². The van der Waals surface area contributed by atoms with E-state index in [1.807, 2.05) is 23.1 Å². The molecule has 1 aliphatic rings. The van der Waals surface area contributed by atoms with Gasteiger partial charge in [-0.3, -0.25) is 4.79 Å². The van der Waals surface area contributed by atoms with E-state index in [0.29, 0.717) is 5.75 Å². The van der Waals surface area contributed by atoms with Crippen LogP contribution in [-0.2, 0) is 4.79 Å². The molecule has 0 aromatic heterocycles. The molecule has 0 aliphatic carbocycles. The van der Waals surface area contributed by atoms with Crippen molar-refractivity contribution < 1.29 is 4.79 Å². The molecule has 0 radical (unpaired) electrons. The van der Waals surface area contributed by atoms with Crippen LogP contribution in [0.2, 0.25) is 0 Å². The molecule has 1 aromatic carbocycles. The molecule has 1 saturated heterocycles. The van der Waals surface area contributed by atoms with Crippen LogP contribution in [0.5, 0.6) is 0 Å². The normalized spacial score (nSPS) is 15.7. The SMILES string of the molecule is Nc1ccc(Br)cc1SCC(=O)N1CCNCC1. The van der Waals surface area contributed by atoms with Gasteiger partial charge in [0.15, 0.2) is 0 Å². The average molecular weight is 330 g/mol. The third-order valence-electron chi connectivity index (χ3n) is 2.80. The minimum absolute atomic E-state index is 0.181. The fourth-order valence-electron chi connectivity index (χ4n) is 1.78. The molecule has 0 bridgehead atoms. The predicted octanol–water partition coefficient (Wildman–Crippen LogP) is 1.56. The van der Waals surface area contributed by atoms with Gasteiger partial charge in [-0.2, -0.15) is 0 Å². The number of nitrogens with two attached hydrogens (primary N) is 1. The molecule has 0 atom stereocenters. The monoisotopic (exact) mass is 329 g/mol. The Morgan fingerprint density at radius 1 is 1.44 bits per heavy atom. The summed E-state index contributed by atoms with van der Waals surface area (Å²) < 4.78 is 0.980. The maximum absolute atomic E-state index is 12.0. The lowest BCUT2D eigenvalue weighted by Crippen LogP contribution is -2.47. The van der Waals surface area contributed by atoms with Gasteiger partial charge in [-0.05, 0) is 18.2 Å². The number of nitrogens with zero attached hydrogens (tertiary/aromatic N) is 1. The highest BCUT2D eigenvalue weighted by Gasteiger charge is 2.16. The molecule has 0 saturated carbocycles. The van der Waals surface area contributed by atoms with Crippen LogP contribution in [-0.4, -0.2) is 42.7 Å². The molecular formula is C12H16BrN3OS. The van der Waals surface area contributed by atoms with Crippen molar-refractivity contribution in [3.63, 3.8) is 0 Å². The third-order valence-corrected chi connectivity index (χ3v) is 4.35. The van der Waals surface area contributed by atoms with E-state index in [9.17, 15) is 4.79 Å². The van der Waals surface area contributed by atoms with E-state index in [-0.39, 0.29) is 5.91 Å². The summed E-state index contributed by atoms with van der Waals surface area (Å²) in [5.41, 5.74) is 6.60. The van der Waals surface area contributed by atoms with Crippen molar-refractivity contribution >= 4 is 39.3 Å². The Hall–Kier alpha value is -0.720. The number of hydrogen-bond acceptors (Lipinski definition) is 4. The van der Waals surface area contributed by atoms with E-state index < -0.39 is 0 Å². The number of piperazine rings is 1. The molecule has 98 valence electrons. The first-order chi connectivity index (χ1) is 8.66. The molecule has 3 N–H and O–H groups in total. The lowest BCUT2D eigenvalue weighted by Gasteiger charge is -2.27. The molecule has 4 nitrogen and oxygen atoms in total. The standard InChI is InChI=1S/C12H16BrN3OS/c13-9-1-2-10(14)11(7-9)18-8-12(17)16-5-3-15-4-6-16/h1-2,7,15H,3-6,8,14H2. The zero-order valence-electron chi connectivity index (χ0n) is 9.99. The average Bonchev–Trinajstić information content (AvgIpc) is 2.40. The van der Waals surface area contributed by atoms with E-state index in [0.717, 1.165) is 41.2 Å². The van der Waals surface area contributed by atoms with Crippen molar-refractivity contribution in [2.45, 2.75) is 4.90 Å². The van der Waals surface area contributed by atoms with Gasteiger partial charge in [0, 0.05) is 41.2 Å². The molecular weight excluding hydrogens is 314 g/mol. The van der Waals surface area contributed by atoms with Crippen LogP contribution in [0.3, 0.4) is 0 Å². The Kier molecular flexibility index (Phi) is 4.91. The van der Waals surface area contributed by atoms with Crippen molar-refractivity contribution in [3.8, 4) is 0 Å². The lowest BCUT2D eigenvalue weighted by molar-refractivity contribution is -0.128. The van der Waals surface area contributed by atoms with Crippen molar-refractivity contribution in [3.05, 3.63) is 22.7 Å². The Labute approximate surface area is 119 Å². The summed E-state index contributed by atoms with van der Waals surface area (Å²) in [6, 6.07) is 5.70. The second-order valence-electron chi connectivity index (χ2n) is 4.10. The second-order valence-corrected chi connectivity index (χ2v) is 6.03. The highest BCUT2D eigenvalue weighted by atomic mass is 79.9. The van der Waals surface area contributed by atoms with Crippen LogP contribution in [0.1, 0.15) is 0 Å². The van der Waals surface area contributed by atoms with Crippen molar-refractivity contribution in [1.82, 2.24) is 10.2 Å². The Balaban J connectivity index is 1.90. The van der Waals surface area contributed by atoms with Crippen LogP contribution in [0.4, 0.5) is 5.69 Å². The molecule has 6 heteroatoms. The van der Waals surface area contributed by atoms with Gasteiger partial charge in [0.1, 0.15) is 0 Å². The van der Waals surface area contributed by atoms with Crippen LogP contribution in [0.25, 0.3) is 0 Å². The fourth-order valence-corrected chi connectivity index (χ4v) is 3.20. The summed E-state index contributed by atoms with van der Waals surface area (Å²) in [5.74, 6) is 0.626. The Morgan fingerprint density at radius 2 is 2.17 bits per heavy atom. The Morgan fingerprint density at radius 3 is 2.89 bits per heavy atom. The molecule has 1 heterocycles. The van der Waals surface area contributed by atoms with E-state index in [2.05, 4.69) is 21.2 Å². The van der Waals surface area contributed by atoms with Gasteiger partial charge in [-0.15, -0.1) is 11.8 Å². The first-order valence-corrected chi connectivity index (χ1v) is 7.61. The van der Waals surface area contributed by atoms with Crippen molar-refractivity contribution in [2.75, 3.05) is 37.7 Å². The maximum Gasteiger partial charge on any atom is 0.233 e. The first kappa shape index (κ1) is 13.7. The number of carbonyl (C=O) groups is 1. The summed E-state index contributed by atoms with van der Waals surface area (Å²) in [7, 11) is 0. The topological polar surface area (TPSA) is 58.4 Å². The van der Waals surface area contributed by atoms with E-state index in [4.69, 9.17) is 5.73 Å². The second kappa shape index (κ2) is 6.45. The minimum atomic E-state index is 0.181. The zero-order valence-corrected chi connectivity index (χ0v) is 12.4. The molecule has 1 amide bonds. The van der Waals surface area contributed by atoms with Crippen LogP contribution < -0.4 is 11.1 Å². The third kappa shape index (κ3) is 3.63. The highest BCUT2D eigenvalue weighted by Crippen LogP contribution is 2.28. The maximum atomic E-state index is 12.0. The number of halogens is 1. The van der Waals surface area contributed by atoms with Gasteiger partial charge in [-0.1, -0.05) is 15.9 Å². The predicted molar refractivity (Wildman–Crippen MR) is 78.7 cm³/mol. The fraction of sp³-hybridized carbons (Fsp3) is 0.417. The number of carbonyl (C=O) groups excluding carboxylic acids is 1. The summed E-state index contributed by atoms with van der Waals surface area (Å²) in [6.45, 7) is 3.37. The molecule has 1 aliphatic heterocycles. The van der Waals surface area contributed by atoms with E-state index >= 15 is 0 Å². The molecule has 18 heavy (non-hydrogen) atoms. The Bertz CT molecular complexity index is 435. The molecule has 1 aromatic rings. The number of benzene rings is 1. The molecule has 2 rings (SSSR count). The van der Waals surface area contributed by atoms with Gasteiger partial charge in [0.2, 0.25) is 5.91 Å². The van der Waals surface area contributed by atoms with Crippen molar-refractivity contribution in [1.29, 1.82) is 0 Å². The number of anilines is 1. The first-order valence-electron chi connectivity index (χ1n) is 5.83. The number of amides is 1. The number of nitrogen functional groups attached to an aromatic ring is 1. The summed E-state index contributed by atoms with van der Waals surface area (Å²) in [5, 5.41) is 3.23. The summed E-state index contributed by atoms with van der Waals surface area (Å²) in [4.78, 5) is 14.8. The smallest absolute Gasteiger partial charge is 0.233 e. The van der Waals surface area contributed by atoms with Crippen LogP contribution >= 0.6 is 27.7 Å². The number of hydrogen-bond donors (Lipinski definition) is 2. The largest absolute Gasteiger partial charge is 0.398 e. The summed E-state index contributed by atoms with van der Waals surface area (Å²) >= 11 is 4.90. The van der Waals surface area contributed by atoms with Crippen LogP contribution in [0.15, 0.2) is 27.6 Å². The van der Waals surface area contributed by atoms with Gasteiger partial charge in [0.25, 0.3) is 0 Å². The van der Waals surface area contributed by atoms with E-state index in [1.54, 1.807) is 0 Å². The summed E-state index contributed by atoms with van der Waals surface area (Å²) in [6.07, 6.45) is 0. The van der Waals surface area contributed by atoms with E-state index in [1.165, 1.54) is 11.8 Å². The van der Waals surface area contributed by atoms with Gasteiger partial charge in [-0.25, -0.2) is 0 Å². The van der Waals surface area contributed by atoms with Gasteiger partial charge < -0.3 is 16.0 Å². The lowest BCUT2D eigenvalue weighted by atomic mass is 10.3. The minimum Gasteiger partial charge on any atom is -0.398 e. The molecule has 0 unspecified atom stereocenters. The van der Waals surface area contributed by atoms with Gasteiger partial charge >= 0.3 is 0 Å². The number of nitrogens with one attached hydrogen (secondary N) is 1. The quantitative estimate of drug-likeness (QED) is 0.652. The number of thioether (sulfide) groups is 1. The number of rotatable bonds is 3. The van der Waals surface area contributed by atoms with Crippen molar-refractivity contribution in [2.24, 2.45) is 0 Å². The highest BCUT2D eigenvalue weighted by molar-refractivity contribution is 9.10. The van der Waals surface area contributed by atoms with Crippen LogP contribution in [0, 0.1) is 0 Å². The molecule has 0 spiro atoms. The molecule has 1 fully saturated rings.